The van der Waals surface area contributed by atoms with Crippen molar-refractivity contribution in [3.63, 3.8) is 0 Å². The summed E-state index contributed by atoms with van der Waals surface area (Å²) in [5.74, 6) is 2.57. The highest BCUT2D eigenvalue weighted by atomic mass is 16.3. The average molecular weight is 308 g/mol. The van der Waals surface area contributed by atoms with Gasteiger partial charge in [0.15, 0.2) is 0 Å². The molecule has 0 heterocycles. The van der Waals surface area contributed by atoms with Crippen molar-refractivity contribution < 1.29 is 15.3 Å². The lowest BCUT2D eigenvalue weighted by atomic mass is 9.45. The fraction of sp³-hybridized carbons (Fsp3) is 1.00. The second-order valence-corrected chi connectivity index (χ2v) is 9.38. The summed E-state index contributed by atoms with van der Waals surface area (Å²) in [4.78, 5) is 0. The predicted octanol–water partition coefficient (Wildman–Crippen LogP) is 2.72. The number of hydrogen-bond acceptors (Lipinski definition) is 3. The van der Waals surface area contributed by atoms with Crippen molar-refractivity contribution in [1.82, 2.24) is 0 Å². The number of fused-ring (bicyclic) bond motifs is 5. The van der Waals surface area contributed by atoms with Gasteiger partial charge in [-0.1, -0.05) is 13.8 Å². The Kier molecular flexibility index (Phi) is 3.46. The van der Waals surface area contributed by atoms with E-state index in [1.54, 1.807) is 0 Å². The summed E-state index contributed by atoms with van der Waals surface area (Å²) in [5, 5.41) is 30.8. The highest BCUT2D eigenvalue weighted by molar-refractivity contribution is 5.11. The smallest absolute Gasteiger partial charge is 0.0855 e. The summed E-state index contributed by atoms with van der Waals surface area (Å²) in [6.45, 7) is 4.69. The van der Waals surface area contributed by atoms with Crippen molar-refractivity contribution in [3.8, 4) is 0 Å². The molecule has 4 aliphatic carbocycles. The van der Waals surface area contributed by atoms with E-state index in [4.69, 9.17) is 0 Å². The molecule has 4 rings (SSSR count). The molecule has 3 heteroatoms. The van der Waals surface area contributed by atoms with Crippen molar-refractivity contribution in [2.24, 2.45) is 34.5 Å². The Labute approximate surface area is 134 Å². The van der Waals surface area contributed by atoms with Crippen LogP contribution >= 0.6 is 0 Å². The maximum Gasteiger partial charge on any atom is 0.0855 e. The molecule has 3 N–H and O–H groups in total. The van der Waals surface area contributed by atoms with Crippen molar-refractivity contribution in [2.45, 2.75) is 83.5 Å². The second-order valence-electron chi connectivity index (χ2n) is 9.38. The van der Waals surface area contributed by atoms with Crippen LogP contribution in [-0.4, -0.2) is 33.6 Å². The van der Waals surface area contributed by atoms with Crippen molar-refractivity contribution in [2.75, 3.05) is 0 Å². The van der Waals surface area contributed by atoms with Crippen molar-refractivity contribution in [1.29, 1.82) is 0 Å². The molecule has 0 spiro atoms. The number of aliphatic hydroxyl groups is 3. The van der Waals surface area contributed by atoms with Crippen molar-refractivity contribution >= 4 is 0 Å². The minimum absolute atomic E-state index is 0.0715. The number of hydrogen-bond donors (Lipinski definition) is 3. The quantitative estimate of drug-likeness (QED) is 0.645. The van der Waals surface area contributed by atoms with Gasteiger partial charge in [-0.15, -0.1) is 0 Å². The van der Waals surface area contributed by atoms with Gasteiger partial charge in [-0.05, 0) is 85.9 Å². The molecule has 3 nitrogen and oxygen atoms in total. The van der Waals surface area contributed by atoms with E-state index in [2.05, 4.69) is 13.8 Å². The van der Waals surface area contributed by atoms with E-state index in [9.17, 15) is 15.3 Å². The zero-order valence-electron chi connectivity index (χ0n) is 14.0. The molecule has 0 aliphatic heterocycles. The third kappa shape index (κ3) is 1.91. The van der Waals surface area contributed by atoms with E-state index in [0.717, 1.165) is 38.0 Å². The Bertz CT molecular complexity index is 452. The first-order chi connectivity index (χ1) is 10.4. The predicted molar refractivity (Wildman–Crippen MR) is 85.1 cm³/mol. The van der Waals surface area contributed by atoms with Crippen LogP contribution in [0.25, 0.3) is 0 Å². The molecule has 0 radical (unpaired) electrons. The Hall–Kier alpha value is -0.120. The lowest BCUT2D eigenvalue weighted by Crippen LogP contribution is -2.54. The Morgan fingerprint density at radius 2 is 1.50 bits per heavy atom. The molecule has 22 heavy (non-hydrogen) atoms. The first-order valence-electron chi connectivity index (χ1n) is 9.40. The van der Waals surface area contributed by atoms with E-state index in [1.165, 1.54) is 19.3 Å². The van der Waals surface area contributed by atoms with Crippen LogP contribution in [-0.2, 0) is 0 Å². The van der Waals surface area contributed by atoms with Crippen LogP contribution in [0.1, 0.15) is 65.2 Å². The van der Waals surface area contributed by atoms with E-state index in [-0.39, 0.29) is 11.5 Å². The van der Waals surface area contributed by atoms with Gasteiger partial charge in [0, 0.05) is 0 Å². The molecule has 0 saturated heterocycles. The first-order valence-corrected chi connectivity index (χ1v) is 9.40. The summed E-state index contributed by atoms with van der Waals surface area (Å²) in [5.41, 5.74) is 0.305. The highest BCUT2D eigenvalue weighted by Gasteiger charge is 2.61. The van der Waals surface area contributed by atoms with Gasteiger partial charge in [0.25, 0.3) is 0 Å². The van der Waals surface area contributed by atoms with E-state index in [0.29, 0.717) is 23.2 Å². The van der Waals surface area contributed by atoms with Crippen LogP contribution in [0.15, 0.2) is 0 Å². The fourth-order valence-electron chi connectivity index (χ4n) is 7.22. The third-order valence-electron chi connectivity index (χ3n) is 8.61. The van der Waals surface area contributed by atoms with Crippen molar-refractivity contribution in [3.05, 3.63) is 0 Å². The highest BCUT2D eigenvalue weighted by Crippen LogP contribution is 2.66. The van der Waals surface area contributed by atoms with Gasteiger partial charge in [0.2, 0.25) is 0 Å². The lowest BCUT2D eigenvalue weighted by molar-refractivity contribution is -0.135. The standard InChI is InChI=1S/C19H32O3/c1-18-7-5-12(20)9-11(18)3-4-13-14(18)6-8-19(2)15(13)10-16(21)17(19)22/h11-17,20-22H,3-10H2,1-2H3/t11-,12?,13+,14-,15-,16?,17?,18-,19-/m0/s1. The Balaban J connectivity index is 1.63. The van der Waals surface area contributed by atoms with Gasteiger partial charge in [-0.2, -0.15) is 0 Å². The van der Waals surface area contributed by atoms with Crippen LogP contribution in [0.2, 0.25) is 0 Å². The minimum atomic E-state index is -0.530. The summed E-state index contributed by atoms with van der Waals surface area (Å²) in [6.07, 6.45) is 7.49. The van der Waals surface area contributed by atoms with Crippen LogP contribution in [0.4, 0.5) is 0 Å². The Morgan fingerprint density at radius 3 is 2.27 bits per heavy atom. The monoisotopic (exact) mass is 308 g/mol. The molecule has 0 aromatic carbocycles. The largest absolute Gasteiger partial charge is 0.393 e. The lowest BCUT2D eigenvalue weighted by Gasteiger charge is -2.60. The topological polar surface area (TPSA) is 60.7 Å². The molecule has 4 saturated carbocycles. The van der Waals surface area contributed by atoms with Gasteiger partial charge in [-0.25, -0.2) is 0 Å². The SMILES string of the molecule is C[C@]12CCC(O)C[C@@H]1CC[C@@H]1[C@@H]2CC[C@]2(C)C(O)C(O)C[C@@H]12. The number of aliphatic hydroxyl groups excluding tert-OH is 3. The summed E-state index contributed by atoms with van der Waals surface area (Å²) >= 11 is 0. The van der Waals surface area contributed by atoms with Gasteiger partial charge in [-0.3, -0.25) is 0 Å². The Morgan fingerprint density at radius 1 is 0.773 bits per heavy atom. The molecule has 4 aliphatic rings. The number of rotatable bonds is 0. The zero-order chi connectivity index (χ0) is 15.7. The summed E-state index contributed by atoms with van der Waals surface area (Å²) in [7, 11) is 0. The summed E-state index contributed by atoms with van der Waals surface area (Å²) < 4.78 is 0. The summed E-state index contributed by atoms with van der Waals surface area (Å²) in [6, 6.07) is 0. The van der Waals surface area contributed by atoms with Gasteiger partial charge >= 0.3 is 0 Å². The molecule has 0 amide bonds. The molecule has 4 fully saturated rings. The van der Waals surface area contributed by atoms with E-state index >= 15 is 0 Å². The van der Waals surface area contributed by atoms with Crippen LogP contribution < -0.4 is 0 Å². The molecule has 3 unspecified atom stereocenters. The molecule has 0 aromatic heterocycles. The first kappa shape index (κ1) is 15.4. The molecular formula is C19H32O3. The van der Waals surface area contributed by atoms with Gasteiger partial charge in [0.1, 0.15) is 0 Å². The van der Waals surface area contributed by atoms with E-state index in [1.807, 2.05) is 0 Å². The van der Waals surface area contributed by atoms with Gasteiger partial charge in [0.05, 0.1) is 18.3 Å². The molecule has 0 aromatic rings. The maximum atomic E-state index is 10.5. The average Bonchev–Trinajstić information content (AvgIpc) is 2.72. The van der Waals surface area contributed by atoms with Crippen LogP contribution in [0.5, 0.6) is 0 Å². The zero-order valence-corrected chi connectivity index (χ0v) is 14.0. The molecule has 0 bridgehead atoms. The van der Waals surface area contributed by atoms with Crippen LogP contribution in [0, 0.1) is 34.5 Å². The molecular weight excluding hydrogens is 276 g/mol. The second kappa shape index (κ2) is 4.94. The minimum Gasteiger partial charge on any atom is -0.393 e. The normalized spacial score (nSPS) is 61.2. The molecule has 126 valence electrons. The molecule has 9 atom stereocenters. The van der Waals surface area contributed by atoms with Gasteiger partial charge < -0.3 is 15.3 Å². The van der Waals surface area contributed by atoms with E-state index < -0.39 is 12.2 Å². The third-order valence-corrected chi connectivity index (χ3v) is 8.61. The maximum absolute atomic E-state index is 10.5. The van der Waals surface area contributed by atoms with Crippen LogP contribution in [0.3, 0.4) is 0 Å². The fourth-order valence-corrected chi connectivity index (χ4v) is 7.22.